The van der Waals surface area contributed by atoms with E-state index < -0.39 is 0 Å². The van der Waals surface area contributed by atoms with Crippen LogP contribution in [-0.2, 0) is 4.79 Å². The fourth-order valence-electron chi connectivity index (χ4n) is 2.60. The number of hydrogen-bond donors (Lipinski definition) is 3. The Morgan fingerprint density at radius 2 is 1.92 bits per heavy atom. The van der Waals surface area contributed by atoms with Gasteiger partial charge in [-0.15, -0.1) is 17.9 Å². The van der Waals surface area contributed by atoms with Crippen LogP contribution in [0.2, 0.25) is 0 Å². The van der Waals surface area contributed by atoms with Gasteiger partial charge in [0.05, 0.1) is 29.5 Å². The summed E-state index contributed by atoms with van der Waals surface area (Å²) in [6.45, 7) is 15.8. The zero-order valence-corrected chi connectivity index (χ0v) is 24.9. The number of nitrogen functional groups attached to an aromatic ring is 1. The highest BCUT2D eigenvalue weighted by molar-refractivity contribution is 7.99. The number of carbonyl (C=O) groups excluding carboxylic acids is 1. The van der Waals surface area contributed by atoms with E-state index in [1.807, 2.05) is 89.7 Å². The zero-order valence-electron chi connectivity index (χ0n) is 23.3. The molecule has 0 radical (unpaired) electrons. The largest absolute Gasteiger partial charge is 0.497 e. The molecule has 2 aromatic heterocycles. The number of rotatable bonds is 10. The third-order valence-electron chi connectivity index (χ3n) is 4.17. The van der Waals surface area contributed by atoms with Crippen LogP contribution in [0, 0.1) is 5.92 Å². The second kappa shape index (κ2) is 24.0. The Hall–Kier alpha value is -2.71. The number of aromatic nitrogens is 2. The van der Waals surface area contributed by atoms with Crippen molar-refractivity contribution in [3.05, 3.63) is 53.8 Å². The molecule has 1 unspecified atom stereocenters. The maximum Gasteiger partial charge on any atom is 0.166 e. The molecule has 0 aliphatic carbocycles. The highest BCUT2D eigenvalue weighted by Crippen LogP contribution is 2.25. The van der Waals surface area contributed by atoms with Crippen LogP contribution in [0.1, 0.15) is 54.4 Å². The Labute approximate surface area is 226 Å². The normalized spacial score (nSPS) is 10.2. The lowest BCUT2D eigenvalue weighted by Crippen LogP contribution is -1.99. The van der Waals surface area contributed by atoms with Crippen LogP contribution >= 0.6 is 23.1 Å². The van der Waals surface area contributed by atoms with E-state index in [0.29, 0.717) is 12.3 Å². The lowest BCUT2D eigenvalue weighted by atomic mass is 10.1. The van der Waals surface area contributed by atoms with Crippen molar-refractivity contribution in [2.24, 2.45) is 5.92 Å². The topological polar surface area (TPSA) is 93.0 Å². The molecule has 1 aromatic carbocycles. The molecule has 202 valence electrons. The van der Waals surface area contributed by atoms with Gasteiger partial charge in [-0.3, -0.25) is 0 Å². The van der Waals surface area contributed by atoms with E-state index >= 15 is 0 Å². The third-order valence-corrected chi connectivity index (χ3v) is 6.00. The maximum atomic E-state index is 10.4. The smallest absolute Gasteiger partial charge is 0.166 e. The molecule has 1 atom stereocenters. The van der Waals surface area contributed by atoms with Crippen LogP contribution in [0.4, 0.5) is 11.4 Å². The van der Waals surface area contributed by atoms with Gasteiger partial charge in [0, 0.05) is 36.0 Å². The average molecular weight is 535 g/mol. The van der Waals surface area contributed by atoms with E-state index in [1.54, 1.807) is 30.2 Å². The van der Waals surface area contributed by atoms with Crippen LogP contribution < -0.4 is 15.8 Å². The molecule has 0 bridgehead atoms. The van der Waals surface area contributed by atoms with E-state index in [2.05, 4.69) is 27.9 Å². The van der Waals surface area contributed by atoms with E-state index in [9.17, 15) is 4.79 Å². The number of aldehydes is 1. The van der Waals surface area contributed by atoms with Gasteiger partial charge in [0.25, 0.3) is 0 Å². The first kappa shape index (κ1) is 35.5. The summed E-state index contributed by atoms with van der Waals surface area (Å²) >= 11 is 3.27. The molecular formula is C28H46N4O2S2. The quantitative estimate of drug-likeness (QED) is 0.137. The number of imidazole rings is 1. The van der Waals surface area contributed by atoms with Gasteiger partial charge in [0.1, 0.15) is 12.0 Å². The molecule has 0 aliphatic heterocycles. The number of nitrogens with one attached hydrogen (secondary N) is 2. The summed E-state index contributed by atoms with van der Waals surface area (Å²) in [7, 11) is 3.51. The number of ether oxygens (including phenoxy) is 1. The standard InChI is InChI=1S/C17H20N2O2S.C5H8N2S.3C2H6/c1-3-6-13(7-4-5-10-20)12-22-17-18-15-9-8-14(21-2)11-16(15)19-17;1-7-5-3-8-2-4(5)6;3*1-2/h3-4,7-11,13H,1,5-6,12H2,2H3,(H,18,19);2-3,7H,6H2,1H3;3*1-2H3/b7-4-;;;;. The van der Waals surface area contributed by atoms with Gasteiger partial charge in [-0.05, 0) is 24.5 Å². The Kier molecular flexibility index (Phi) is 23.6. The summed E-state index contributed by atoms with van der Waals surface area (Å²) in [6, 6.07) is 5.79. The molecule has 0 saturated carbocycles. The fraction of sp³-hybridized carbons (Fsp3) is 0.429. The molecular weight excluding hydrogens is 488 g/mol. The summed E-state index contributed by atoms with van der Waals surface area (Å²) < 4.78 is 5.21. The van der Waals surface area contributed by atoms with Gasteiger partial charge < -0.3 is 25.6 Å². The van der Waals surface area contributed by atoms with E-state index in [1.165, 1.54) is 0 Å². The van der Waals surface area contributed by atoms with Crippen LogP contribution in [0.3, 0.4) is 0 Å². The maximum absolute atomic E-state index is 10.4. The number of anilines is 2. The highest BCUT2D eigenvalue weighted by atomic mass is 32.2. The number of nitrogens with zero attached hydrogens (tertiary/aromatic N) is 1. The molecule has 36 heavy (non-hydrogen) atoms. The second-order valence-electron chi connectivity index (χ2n) is 6.34. The molecule has 0 fully saturated rings. The van der Waals surface area contributed by atoms with Crippen molar-refractivity contribution in [3.8, 4) is 5.75 Å². The molecule has 6 nitrogen and oxygen atoms in total. The summed E-state index contributed by atoms with van der Waals surface area (Å²) in [5, 5.41) is 7.74. The number of thiophene rings is 1. The number of thioether (sulfide) groups is 1. The van der Waals surface area contributed by atoms with Crippen LogP contribution in [-0.4, -0.2) is 36.2 Å². The fourth-order valence-corrected chi connectivity index (χ4v) is 4.30. The Morgan fingerprint density at radius 1 is 1.22 bits per heavy atom. The SMILES string of the molecule is C=CCC(/C=C\CC=O)CSc1nc2ccc(OC)cc2[nH]1.CC.CC.CC.CNc1cscc1N. The van der Waals surface area contributed by atoms with Gasteiger partial charge in [-0.2, -0.15) is 0 Å². The van der Waals surface area contributed by atoms with Crippen molar-refractivity contribution in [3.63, 3.8) is 0 Å². The number of nitrogens with two attached hydrogens (primary N) is 1. The number of H-pyrrole nitrogens is 1. The Morgan fingerprint density at radius 3 is 2.42 bits per heavy atom. The molecule has 8 heteroatoms. The highest BCUT2D eigenvalue weighted by Gasteiger charge is 2.08. The number of aromatic amines is 1. The first-order valence-corrected chi connectivity index (χ1v) is 14.4. The van der Waals surface area contributed by atoms with E-state index in [4.69, 9.17) is 10.5 Å². The minimum absolute atomic E-state index is 0.352. The van der Waals surface area contributed by atoms with Crippen molar-refractivity contribution < 1.29 is 9.53 Å². The van der Waals surface area contributed by atoms with Crippen molar-refractivity contribution in [2.75, 3.05) is 31.0 Å². The lowest BCUT2D eigenvalue weighted by molar-refractivity contribution is -0.107. The average Bonchev–Trinajstić information content (AvgIpc) is 3.55. The molecule has 3 rings (SSSR count). The van der Waals surface area contributed by atoms with Gasteiger partial charge in [0.15, 0.2) is 5.16 Å². The number of allylic oxidation sites excluding steroid dienone is 3. The van der Waals surface area contributed by atoms with Crippen LogP contribution in [0.5, 0.6) is 5.75 Å². The first-order valence-electron chi connectivity index (χ1n) is 12.5. The van der Waals surface area contributed by atoms with Gasteiger partial charge in [0.2, 0.25) is 0 Å². The summed E-state index contributed by atoms with van der Waals surface area (Å²) in [5.74, 6) is 2.05. The van der Waals surface area contributed by atoms with Crippen molar-refractivity contribution >= 4 is 51.8 Å². The van der Waals surface area contributed by atoms with Gasteiger partial charge in [-0.1, -0.05) is 71.5 Å². The van der Waals surface area contributed by atoms with Gasteiger partial charge in [-0.25, -0.2) is 4.98 Å². The number of methoxy groups -OCH3 is 1. The monoisotopic (exact) mass is 534 g/mol. The molecule has 0 aliphatic rings. The number of hydrogen-bond acceptors (Lipinski definition) is 7. The van der Waals surface area contributed by atoms with Crippen molar-refractivity contribution in [2.45, 2.75) is 59.5 Å². The van der Waals surface area contributed by atoms with Crippen LogP contribution in [0.15, 0.2) is 58.9 Å². The molecule has 0 amide bonds. The Bertz CT molecular complexity index is 968. The molecule has 2 heterocycles. The van der Waals surface area contributed by atoms with Crippen molar-refractivity contribution in [1.82, 2.24) is 9.97 Å². The predicted molar refractivity (Wildman–Crippen MR) is 164 cm³/mol. The number of carbonyl (C=O) groups is 1. The van der Waals surface area contributed by atoms with Gasteiger partial charge >= 0.3 is 0 Å². The minimum atomic E-state index is 0.352. The van der Waals surface area contributed by atoms with E-state index in [-0.39, 0.29) is 0 Å². The zero-order chi connectivity index (χ0) is 27.8. The van der Waals surface area contributed by atoms with Crippen LogP contribution in [0.25, 0.3) is 11.0 Å². The number of fused-ring (bicyclic) bond motifs is 1. The van der Waals surface area contributed by atoms with E-state index in [0.717, 1.165) is 51.8 Å². The number of benzene rings is 1. The molecule has 4 N–H and O–H groups in total. The first-order chi connectivity index (χ1) is 17.6. The Balaban J connectivity index is 0. The second-order valence-corrected chi connectivity index (χ2v) is 8.09. The molecule has 3 aromatic rings. The molecule has 0 spiro atoms. The van der Waals surface area contributed by atoms with Crippen molar-refractivity contribution in [1.29, 1.82) is 0 Å². The summed E-state index contributed by atoms with van der Waals surface area (Å²) in [6.07, 6.45) is 8.14. The predicted octanol–water partition coefficient (Wildman–Crippen LogP) is 8.45. The summed E-state index contributed by atoms with van der Waals surface area (Å²) in [5.41, 5.74) is 9.25. The minimum Gasteiger partial charge on any atom is -0.497 e. The molecule has 0 saturated heterocycles. The lowest BCUT2D eigenvalue weighted by Gasteiger charge is -2.08. The third kappa shape index (κ3) is 14.0. The summed E-state index contributed by atoms with van der Waals surface area (Å²) in [4.78, 5) is 18.2.